The fraction of sp³-hybridized carbons (Fsp3) is 0.417. The van der Waals surface area contributed by atoms with Crippen molar-refractivity contribution in [2.45, 2.75) is 25.2 Å². The van der Waals surface area contributed by atoms with Gasteiger partial charge in [0, 0.05) is 32.2 Å². The highest BCUT2D eigenvalue weighted by molar-refractivity contribution is 6.38. The van der Waals surface area contributed by atoms with Crippen molar-refractivity contribution in [2.75, 3.05) is 38.7 Å². The Morgan fingerprint density at radius 3 is 2.45 bits per heavy atom. The van der Waals surface area contributed by atoms with E-state index >= 15 is 0 Å². The molecule has 2 N–H and O–H groups in total. The fourth-order valence-corrected chi connectivity index (χ4v) is 4.69. The van der Waals surface area contributed by atoms with Crippen molar-refractivity contribution in [3.63, 3.8) is 0 Å². The van der Waals surface area contributed by atoms with Crippen molar-refractivity contribution in [2.24, 2.45) is 11.7 Å². The summed E-state index contributed by atoms with van der Waals surface area (Å²) < 4.78 is 18.5. The quantitative estimate of drug-likeness (QED) is 0.669. The Morgan fingerprint density at radius 2 is 1.85 bits per heavy atom. The molecule has 33 heavy (non-hydrogen) atoms. The predicted molar refractivity (Wildman–Crippen MR) is 120 cm³/mol. The van der Waals surface area contributed by atoms with E-state index in [1.54, 1.807) is 35.0 Å². The fourth-order valence-electron chi connectivity index (χ4n) is 4.69. The summed E-state index contributed by atoms with van der Waals surface area (Å²) in [6.07, 6.45) is 2.50. The number of halogens is 1. The van der Waals surface area contributed by atoms with Gasteiger partial charge >= 0.3 is 0 Å². The maximum absolute atomic E-state index is 13.3. The second kappa shape index (κ2) is 9.17. The van der Waals surface area contributed by atoms with Gasteiger partial charge in [0.05, 0.1) is 13.0 Å². The molecule has 2 aromatic rings. The summed E-state index contributed by atoms with van der Waals surface area (Å²) in [5.74, 6) is -1.84. The molecular weight excluding hydrogens is 427 g/mol. The Kier molecular flexibility index (Phi) is 6.31. The molecule has 2 aliphatic heterocycles. The number of aromatic nitrogens is 1. The number of piperidine rings is 1. The number of hydrogen-bond acceptors (Lipinski definition) is 6. The van der Waals surface area contributed by atoms with Gasteiger partial charge in [0.15, 0.2) is 0 Å². The molecule has 0 saturated carbocycles. The third-order valence-corrected chi connectivity index (χ3v) is 6.51. The number of nitrogens with zero attached hydrogens (tertiary/aromatic N) is 3. The van der Waals surface area contributed by atoms with Crippen LogP contribution in [0, 0.1) is 11.7 Å². The maximum atomic E-state index is 13.3. The summed E-state index contributed by atoms with van der Waals surface area (Å²) >= 11 is 0. The van der Waals surface area contributed by atoms with Gasteiger partial charge in [0.2, 0.25) is 11.7 Å². The zero-order valence-electron chi connectivity index (χ0n) is 18.7. The molecule has 1 atom stereocenters. The van der Waals surface area contributed by atoms with E-state index in [0.717, 1.165) is 24.8 Å². The lowest BCUT2D eigenvalue weighted by molar-refractivity contribution is -0.136. The number of fused-ring (bicyclic) bond motifs is 1. The second-order valence-corrected chi connectivity index (χ2v) is 8.69. The van der Waals surface area contributed by atoms with Crippen molar-refractivity contribution in [3.05, 3.63) is 52.8 Å². The van der Waals surface area contributed by atoms with Gasteiger partial charge in [-0.15, -0.1) is 0 Å². The Labute approximate surface area is 191 Å². The van der Waals surface area contributed by atoms with E-state index in [1.165, 1.54) is 19.2 Å². The molecule has 9 heteroatoms. The van der Waals surface area contributed by atoms with Gasteiger partial charge in [-0.3, -0.25) is 14.4 Å². The smallest absolute Gasteiger partial charge is 0.285 e. The Bertz CT molecular complexity index is 1080. The molecule has 0 aliphatic carbocycles. The minimum Gasteiger partial charge on any atom is -0.480 e. The first kappa shape index (κ1) is 22.7. The zero-order chi connectivity index (χ0) is 23.7. The Morgan fingerprint density at radius 1 is 1.18 bits per heavy atom. The van der Waals surface area contributed by atoms with Crippen LogP contribution in [0.1, 0.15) is 40.2 Å². The van der Waals surface area contributed by atoms with Crippen molar-refractivity contribution < 1.29 is 23.5 Å². The number of primary amides is 1. The van der Waals surface area contributed by atoms with Crippen LogP contribution in [-0.2, 0) is 16.0 Å². The number of hydrogen-bond donors (Lipinski definition) is 1. The predicted octanol–water partition coefficient (Wildman–Crippen LogP) is 1.91. The average Bonchev–Trinajstić information content (AvgIpc) is 3.14. The lowest BCUT2D eigenvalue weighted by Crippen LogP contribution is -2.39. The first-order chi connectivity index (χ1) is 15.8. The van der Waals surface area contributed by atoms with E-state index < -0.39 is 17.6 Å². The molecular formula is C24H27FN4O4. The number of ketones is 1. The number of carbonyl (C=O) groups excluding carboxylic acids is 3. The number of likely N-dealkylation sites (tertiary alicyclic amines) is 1. The summed E-state index contributed by atoms with van der Waals surface area (Å²) in [6, 6.07) is 8.15. The number of nitrogens with two attached hydrogens (primary N) is 1. The molecule has 1 aromatic carbocycles. The molecule has 2 amide bonds. The number of ether oxygens (including phenoxy) is 1. The number of likely N-dealkylation sites (N-methyl/N-ethyl adjacent to an activating group) is 1. The van der Waals surface area contributed by atoms with Crippen LogP contribution < -0.4 is 15.4 Å². The van der Waals surface area contributed by atoms with E-state index in [-0.39, 0.29) is 29.7 Å². The number of rotatable bonds is 6. The molecule has 0 radical (unpaired) electrons. The molecule has 0 bridgehead atoms. The van der Waals surface area contributed by atoms with Crippen molar-refractivity contribution in [1.82, 2.24) is 9.88 Å². The van der Waals surface area contributed by atoms with Gasteiger partial charge in [-0.2, -0.15) is 4.98 Å². The molecule has 4 rings (SSSR count). The summed E-state index contributed by atoms with van der Waals surface area (Å²) in [4.78, 5) is 45.1. The van der Waals surface area contributed by atoms with E-state index in [1.807, 2.05) is 0 Å². The van der Waals surface area contributed by atoms with Gasteiger partial charge in [0.1, 0.15) is 17.2 Å². The summed E-state index contributed by atoms with van der Waals surface area (Å²) in [5.41, 5.74) is 7.08. The number of pyridine rings is 1. The van der Waals surface area contributed by atoms with Crippen LogP contribution in [0.25, 0.3) is 0 Å². The second-order valence-electron chi connectivity index (χ2n) is 8.69. The molecule has 1 fully saturated rings. The third kappa shape index (κ3) is 4.53. The number of carbonyl (C=O) groups is 3. The van der Waals surface area contributed by atoms with Gasteiger partial charge in [-0.05, 0) is 48.9 Å². The van der Waals surface area contributed by atoms with Gasteiger partial charge < -0.3 is 20.3 Å². The van der Waals surface area contributed by atoms with Crippen LogP contribution in [0.3, 0.4) is 0 Å². The minimum absolute atomic E-state index is 0.186. The number of amides is 2. The van der Waals surface area contributed by atoms with Crippen LogP contribution in [0.5, 0.6) is 5.88 Å². The lowest BCUT2D eigenvalue weighted by Gasteiger charge is -2.32. The van der Waals surface area contributed by atoms with Crippen molar-refractivity contribution >= 4 is 23.4 Å². The maximum Gasteiger partial charge on any atom is 0.285 e. The monoisotopic (exact) mass is 454 g/mol. The summed E-state index contributed by atoms with van der Waals surface area (Å²) in [6.45, 7) is 1.42. The summed E-state index contributed by atoms with van der Waals surface area (Å²) in [7, 11) is 3.20. The van der Waals surface area contributed by atoms with E-state index in [0.29, 0.717) is 30.4 Å². The van der Waals surface area contributed by atoms with E-state index in [2.05, 4.69) is 4.98 Å². The third-order valence-electron chi connectivity index (χ3n) is 6.51. The van der Waals surface area contributed by atoms with Crippen LogP contribution in [0.15, 0.2) is 30.3 Å². The highest BCUT2D eigenvalue weighted by atomic mass is 19.1. The van der Waals surface area contributed by atoms with E-state index in [9.17, 15) is 18.8 Å². The Balaban J connectivity index is 1.50. The van der Waals surface area contributed by atoms with Crippen LogP contribution in [0.4, 0.5) is 10.2 Å². The van der Waals surface area contributed by atoms with Crippen LogP contribution in [0.2, 0.25) is 0 Å². The molecule has 3 heterocycles. The van der Waals surface area contributed by atoms with Gasteiger partial charge in [-0.1, -0.05) is 12.1 Å². The highest BCUT2D eigenvalue weighted by Gasteiger charge is 2.38. The summed E-state index contributed by atoms with van der Waals surface area (Å²) in [5, 5.41) is 0. The first-order valence-corrected chi connectivity index (χ1v) is 11.0. The van der Waals surface area contributed by atoms with Crippen molar-refractivity contribution in [3.8, 4) is 5.88 Å². The standard InChI is InChI=1S/C24H27FN4O4/c1-28-13-19(20(30)21(26)31)17-12-18(23(33-2)27-22(17)28)24(32)29-9-7-15(8-10-29)11-14-3-5-16(25)6-4-14/h3-6,12,15,19H,7-11,13H2,1-2H3,(H2,26,31). The van der Waals surface area contributed by atoms with Crippen LogP contribution in [-0.4, -0.2) is 61.3 Å². The molecule has 1 saturated heterocycles. The van der Waals surface area contributed by atoms with Gasteiger partial charge in [-0.25, -0.2) is 4.39 Å². The number of anilines is 1. The van der Waals surface area contributed by atoms with Gasteiger partial charge in [0.25, 0.3) is 11.8 Å². The molecule has 8 nitrogen and oxygen atoms in total. The van der Waals surface area contributed by atoms with Crippen LogP contribution >= 0.6 is 0 Å². The lowest BCUT2D eigenvalue weighted by atomic mass is 9.90. The first-order valence-electron chi connectivity index (χ1n) is 11.0. The molecule has 1 aromatic heterocycles. The number of Topliss-reactive ketones (excluding diaryl/α,β-unsaturated/α-hetero) is 1. The molecule has 0 spiro atoms. The van der Waals surface area contributed by atoms with E-state index in [4.69, 9.17) is 10.5 Å². The average molecular weight is 455 g/mol. The SMILES string of the molecule is COc1nc2c(cc1C(=O)N1CCC(Cc3ccc(F)cc3)CC1)C(C(=O)C(N)=O)CN2C. The highest BCUT2D eigenvalue weighted by Crippen LogP contribution is 2.38. The topological polar surface area (TPSA) is 106 Å². The largest absolute Gasteiger partial charge is 0.480 e. The normalized spacial score (nSPS) is 18.2. The molecule has 2 aliphatic rings. The number of benzene rings is 1. The zero-order valence-corrected chi connectivity index (χ0v) is 18.7. The minimum atomic E-state index is -1.01. The molecule has 1 unspecified atom stereocenters. The number of methoxy groups -OCH3 is 1. The molecule has 174 valence electrons. The van der Waals surface area contributed by atoms with Crippen molar-refractivity contribution in [1.29, 1.82) is 0 Å². The Hall–Kier alpha value is -3.49.